The molecular weight excluding hydrogens is 344 g/mol. The van der Waals surface area contributed by atoms with Gasteiger partial charge in [-0.3, -0.25) is 4.79 Å². The van der Waals surface area contributed by atoms with E-state index in [9.17, 15) is 4.79 Å². The van der Waals surface area contributed by atoms with Gasteiger partial charge in [0.05, 0.1) is 0 Å². The molecule has 1 atom stereocenters. The second-order valence-corrected chi connectivity index (χ2v) is 8.91. The van der Waals surface area contributed by atoms with Crippen molar-refractivity contribution in [2.24, 2.45) is 4.99 Å². The third-order valence-electron chi connectivity index (χ3n) is 5.06. The number of aliphatic imine (C=N–C) groups is 1. The minimum absolute atomic E-state index is 0.0656. The predicted molar refractivity (Wildman–Crippen MR) is 111 cm³/mol. The number of para-hydroxylation sites is 1. The highest BCUT2D eigenvalue weighted by Gasteiger charge is 2.29. The first-order valence-electron chi connectivity index (χ1n) is 9.66. The molecular formula is C20H30N4OS. The number of carbonyl (C=O) groups excluding carboxylic acids is 1. The fraction of sp³-hybridized carbons (Fsp3) is 0.600. The Morgan fingerprint density at radius 1 is 1.31 bits per heavy atom. The highest BCUT2D eigenvalue weighted by molar-refractivity contribution is 8.00. The summed E-state index contributed by atoms with van der Waals surface area (Å²) < 4.78 is 0.270. The molecule has 142 valence electrons. The molecule has 1 aromatic rings. The van der Waals surface area contributed by atoms with Crippen molar-refractivity contribution in [3.63, 3.8) is 0 Å². The van der Waals surface area contributed by atoms with Gasteiger partial charge in [-0.2, -0.15) is 11.8 Å². The molecule has 2 aliphatic rings. The van der Waals surface area contributed by atoms with Gasteiger partial charge in [0.2, 0.25) is 5.91 Å². The Labute approximate surface area is 161 Å². The highest BCUT2D eigenvalue weighted by Crippen LogP contribution is 2.36. The summed E-state index contributed by atoms with van der Waals surface area (Å²) in [7, 11) is 0. The number of nitrogens with one attached hydrogen (secondary N) is 2. The van der Waals surface area contributed by atoms with Crippen molar-refractivity contribution in [1.82, 2.24) is 10.6 Å². The van der Waals surface area contributed by atoms with E-state index in [-0.39, 0.29) is 17.2 Å². The zero-order chi connectivity index (χ0) is 18.4. The van der Waals surface area contributed by atoms with Gasteiger partial charge in [0.1, 0.15) is 6.54 Å². The maximum Gasteiger partial charge on any atom is 0.248 e. The molecule has 6 heteroatoms. The minimum atomic E-state index is 0.0656. The largest absolute Gasteiger partial charge is 0.357 e. The quantitative estimate of drug-likeness (QED) is 0.615. The average Bonchev–Trinajstić information content (AvgIpc) is 3.10. The highest BCUT2D eigenvalue weighted by atomic mass is 32.2. The first-order chi connectivity index (χ1) is 12.6. The van der Waals surface area contributed by atoms with E-state index >= 15 is 0 Å². The van der Waals surface area contributed by atoms with Gasteiger partial charge in [-0.25, -0.2) is 4.99 Å². The van der Waals surface area contributed by atoms with Crippen LogP contribution in [0.15, 0.2) is 29.3 Å². The summed E-state index contributed by atoms with van der Waals surface area (Å²) in [6.45, 7) is 6.97. The number of hydrogen-bond donors (Lipinski definition) is 2. The number of aryl methyl sites for hydroxylation is 1. The normalized spacial score (nSPS) is 22.8. The molecule has 1 aromatic carbocycles. The molecule has 5 nitrogen and oxygen atoms in total. The van der Waals surface area contributed by atoms with Crippen LogP contribution < -0.4 is 15.5 Å². The molecule has 2 aliphatic heterocycles. The molecule has 1 fully saturated rings. The summed E-state index contributed by atoms with van der Waals surface area (Å²) >= 11 is 2.02. The predicted octanol–water partition coefficient (Wildman–Crippen LogP) is 2.81. The van der Waals surface area contributed by atoms with Crippen LogP contribution in [0.5, 0.6) is 0 Å². The number of hydrogen-bond acceptors (Lipinski definition) is 3. The Hall–Kier alpha value is -1.69. The molecule has 0 spiro atoms. The van der Waals surface area contributed by atoms with Crippen LogP contribution in [-0.4, -0.2) is 48.5 Å². The molecule has 0 aliphatic carbocycles. The van der Waals surface area contributed by atoms with Crippen LogP contribution in [0, 0.1) is 0 Å². The van der Waals surface area contributed by atoms with Gasteiger partial charge in [0, 0.05) is 30.1 Å². The fourth-order valence-corrected chi connectivity index (χ4v) is 4.86. The first-order valence-corrected chi connectivity index (χ1v) is 10.6. The number of anilines is 1. The summed E-state index contributed by atoms with van der Waals surface area (Å²) in [4.78, 5) is 19.2. The van der Waals surface area contributed by atoms with E-state index in [0.29, 0.717) is 0 Å². The molecule has 1 unspecified atom stereocenters. The second-order valence-electron chi connectivity index (χ2n) is 7.23. The van der Waals surface area contributed by atoms with E-state index in [4.69, 9.17) is 0 Å². The zero-order valence-electron chi connectivity index (χ0n) is 15.9. The molecule has 26 heavy (non-hydrogen) atoms. The van der Waals surface area contributed by atoms with Gasteiger partial charge < -0.3 is 15.5 Å². The summed E-state index contributed by atoms with van der Waals surface area (Å²) in [5.74, 6) is 2.04. The second kappa shape index (κ2) is 8.80. The van der Waals surface area contributed by atoms with Gasteiger partial charge >= 0.3 is 0 Å². The van der Waals surface area contributed by atoms with Crippen LogP contribution in [0.1, 0.15) is 38.7 Å². The van der Waals surface area contributed by atoms with Crippen molar-refractivity contribution >= 4 is 29.3 Å². The number of fused-ring (bicyclic) bond motifs is 1. The molecule has 0 saturated carbocycles. The number of amides is 1. The molecule has 0 aromatic heterocycles. The summed E-state index contributed by atoms with van der Waals surface area (Å²) in [6.07, 6.45) is 4.57. The standard InChI is InChI=1S/C20H30N4OS/c1-3-21-19(23-15-20(2)11-7-13-26-20)22-14-18(25)24-12-6-9-16-8-4-5-10-17(16)24/h4-5,8,10H,3,6-7,9,11-15H2,1-2H3,(H2,21,22,23). The van der Waals surface area contributed by atoms with Gasteiger partial charge in [-0.1, -0.05) is 18.2 Å². The fourth-order valence-electron chi connectivity index (χ4n) is 3.61. The number of guanidine groups is 1. The molecule has 2 N–H and O–H groups in total. The van der Waals surface area contributed by atoms with Crippen LogP contribution in [0.25, 0.3) is 0 Å². The van der Waals surface area contributed by atoms with Gasteiger partial charge in [0.15, 0.2) is 5.96 Å². The summed E-state index contributed by atoms with van der Waals surface area (Å²) in [5.41, 5.74) is 2.30. The van der Waals surface area contributed by atoms with E-state index in [2.05, 4.69) is 28.6 Å². The number of thioether (sulfide) groups is 1. The van der Waals surface area contributed by atoms with E-state index in [1.807, 2.05) is 41.8 Å². The topological polar surface area (TPSA) is 56.7 Å². The van der Waals surface area contributed by atoms with Crippen molar-refractivity contribution in [1.29, 1.82) is 0 Å². The Morgan fingerprint density at radius 3 is 2.92 bits per heavy atom. The van der Waals surface area contributed by atoms with Gasteiger partial charge in [-0.15, -0.1) is 0 Å². The zero-order valence-corrected chi connectivity index (χ0v) is 16.7. The molecule has 1 saturated heterocycles. The number of benzene rings is 1. The Morgan fingerprint density at radius 2 is 2.15 bits per heavy atom. The van der Waals surface area contributed by atoms with Crippen LogP contribution in [0.3, 0.4) is 0 Å². The Balaban J connectivity index is 1.61. The monoisotopic (exact) mass is 374 g/mol. The van der Waals surface area contributed by atoms with Crippen molar-refractivity contribution in [3.05, 3.63) is 29.8 Å². The van der Waals surface area contributed by atoms with Crippen molar-refractivity contribution in [2.45, 2.75) is 44.3 Å². The number of carbonyl (C=O) groups is 1. The van der Waals surface area contributed by atoms with E-state index < -0.39 is 0 Å². The third-order valence-corrected chi connectivity index (χ3v) is 6.60. The lowest BCUT2D eigenvalue weighted by Gasteiger charge is -2.29. The van der Waals surface area contributed by atoms with Crippen LogP contribution in [-0.2, 0) is 11.2 Å². The van der Waals surface area contributed by atoms with E-state index in [0.717, 1.165) is 44.1 Å². The molecule has 0 bridgehead atoms. The lowest BCUT2D eigenvalue weighted by atomic mass is 10.0. The maximum absolute atomic E-state index is 12.8. The van der Waals surface area contributed by atoms with Crippen molar-refractivity contribution in [2.75, 3.05) is 36.8 Å². The summed E-state index contributed by atoms with van der Waals surface area (Å²) in [5, 5.41) is 6.69. The lowest BCUT2D eigenvalue weighted by molar-refractivity contribution is -0.117. The Bertz CT molecular complexity index is 655. The van der Waals surface area contributed by atoms with E-state index in [1.54, 1.807) is 0 Å². The SMILES string of the molecule is CCNC(=NCC(=O)N1CCCc2ccccc21)NCC1(C)CCCS1. The van der Waals surface area contributed by atoms with Crippen molar-refractivity contribution in [3.8, 4) is 0 Å². The van der Waals surface area contributed by atoms with Crippen molar-refractivity contribution < 1.29 is 4.79 Å². The van der Waals surface area contributed by atoms with Crippen LogP contribution in [0.2, 0.25) is 0 Å². The van der Waals surface area contributed by atoms with Gasteiger partial charge in [-0.05, 0) is 56.9 Å². The van der Waals surface area contributed by atoms with Gasteiger partial charge in [0.25, 0.3) is 0 Å². The van der Waals surface area contributed by atoms with E-state index in [1.165, 1.54) is 24.2 Å². The maximum atomic E-state index is 12.8. The number of nitrogens with zero attached hydrogens (tertiary/aromatic N) is 2. The molecule has 0 radical (unpaired) electrons. The Kier molecular flexibility index (Phi) is 6.46. The molecule has 3 rings (SSSR count). The number of rotatable bonds is 5. The summed E-state index contributed by atoms with van der Waals surface area (Å²) in [6, 6.07) is 8.19. The minimum Gasteiger partial charge on any atom is -0.357 e. The lowest BCUT2D eigenvalue weighted by Crippen LogP contribution is -2.44. The van der Waals surface area contributed by atoms with Crippen LogP contribution >= 0.6 is 11.8 Å². The third kappa shape index (κ3) is 4.72. The smallest absolute Gasteiger partial charge is 0.248 e. The average molecular weight is 375 g/mol. The molecule has 2 heterocycles. The first kappa shape index (κ1) is 19.1. The van der Waals surface area contributed by atoms with Crippen LogP contribution in [0.4, 0.5) is 5.69 Å². The molecule has 1 amide bonds.